The molecule has 0 spiro atoms. The average Bonchev–Trinajstić information content (AvgIpc) is 2.31. The van der Waals surface area contributed by atoms with Gasteiger partial charge in [-0.3, -0.25) is 4.90 Å². The van der Waals surface area contributed by atoms with Gasteiger partial charge in [-0.2, -0.15) is 0 Å². The maximum Gasteiger partial charge on any atom is 0.0594 e. The molecule has 0 saturated carbocycles. The first-order valence-electron chi connectivity index (χ1n) is 6.71. The van der Waals surface area contributed by atoms with Crippen molar-refractivity contribution in [3.63, 3.8) is 0 Å². The first-order chi connectivity index (χ1) is 7.70. The maximum atomic E-state index is 5.39. The molecule has 96 valence electrons. The number of nitrogens with one attached hydrogen (secondary N) is 1. The van der Waals surface area contributed by atoms with Gasteiger partial charge in [0.05, 0.1) is 13.2 Å². The Bertz CT molecular complexity index is 181. The molecule has 1 unspecified atom stereocenters. The van der Waals surface area contributed by atoms with Gasteiger partial charge in [0.25, 0.3) is 0 Å². The molecule has 3 heteroatoms. The topological polar surface area (TPSA) is 24.5 Å². The highest BCUT2D eigenvalue weighted by atomic mass is 16.5. The second-order valence-electron chi connectivity index (χ2n) is 5.23. The Labute approximate surface area is 101 Å². The summed E-state index contributed by atoms with van der Waals surface area (Å²) in [6, 6.07) is 0. The quantitative estimate of drug-likeness (QED) is 0.672. The lowest BCUT2D eigenvalue weighted by atomic mass is 9.86. The van der Waals surface area contributed by atoms with Crippen molar-refractivity contribution < 1.29 is 4.74 Å². The molecule has 0 aliphatic carbocycles. The lowest BCUT2D eigenvalue weighted by molar-refractivity contribution is 0.0179. The minimum atomic E-state index is 0.409. The van der Waals surface area contributed by atoms with Gasteiger partial charge in [-0.05, 0) is 24.8 Å². The molecule has 16 heavy (non-hydrogen) atoms. The molecule has 0 aromatic heterocycles. The molecule has 1 aliphatic heterocycles. The second kappa shape index (κ2) is 7.25. The summed E-state index contributed by atoms with van der Waals surface area (Å²) in [5, 5.41) is 3.56. The first-order valence-corrected chi connectivity index (χ1v) is 6.71. The van der Waals surface area contributed by atoms with Gasteiger partial charge in [0.15, 0.2) is 0 Å². The minimum Gasteiger partial charge on any atom is -0.379 e. The Balaban J connectivity index is 2.32. The van der Waals surface area contributed by atoms with Crippen LogP contribution in [0.2, 0.25) is 0 Å². The van der Waals surface area contributed by atoms with E-state index < -0.39 is 0 Å². The minimum absolute atomic E-state index is 0.409. The van der Waals surface area contributed by atoms with E-state index in [-0.39, 0.29) is 0 Å². The van der Waals surface area contributed by atoms with Gasteiger partial charge in [0.1, 0.15) is 0 Å². The molecule has 1 aliphatic rings. The van der Waals surface area contributed by atoms with Crippen molar-refractivity contribution in [3.05, 3.63) is 0 Å². The van der Waals surface area contributed by atoms with E-state index in [1.807, 2.05) is 0 Å². The fourth-order valence-electron chi connectivity index (χ4n) is 2.16. The Hall–Kier alpha value is -0.120. The molecule has 1 rings (SSSR count). The zero-order valence-corrected chi connectivity index (χ0v) is 11.2. The number of ether oxygens (including phenoxy) is 1. The molecule has 0 aromatic carbocycles. The lowest BCUT2D eigenvalue weighted by Gasteiger charge is -2.37. The Morgan fingerprint density at radius 3 is 2.50 bits per heavy atom. The van der Waals surface area contributed by atoms with Crippen LogP contribution in [0.4, 0.5) is 0 Å². The van der Waals surface area contributed by atoms with E-state index in [9.17, 15) is 0 Å². The van der Waals surface area contributed by atoms with Crippen LogP contribution < -0.4 is 5.32 Å². The number of rotatable bonds is 7. The number of hydrogen-bond donors (Lipinski definition) is 1. The van der Waals surface area contributed by atoms with E-state index in [0.29, 0.717) is 5.41 Å². The molecular formula is C13H28N2O. The van der Waals surface area contributed by atoms with Crippen molar-refractivity contribution >= 4 is 0 Å². The maximum absolute atomic E-state index is 5.39. The zero-order chi connectivity index (χ0) is 11.9. The van der Waals surface area contributed by atoms with Crippen molar-refractivity contribution in [2.45, 2.75) is 33.6 Å². The van der Waals surface area contributed by atoms with Crippen LogP contribution in [-0.2, 0) is 4.74 Å². The third kappa shape index (κ3) is 4.81. The van der Waals surface area contributed by atoms with Crippen molar-refractivity contribution in [2.24, 2.45) is 5.41 Å². The standard InChI is InChI=1S/C13H28N2O/c1-4-6-14-11-13(3,5-2)12-15-7-9-16-10-8-15/h14H,4-12H2,1-3H3. The third-order valence-electron chi connectivity index (χ3n) is 3.54. The van der Waals surface area contributed by atoms with E-state index >= 15 is 0 Å². The first kappa shape index (κ1) is 13.9. The fourth-order valence-corrected chi connectivity index (χ4v) is 2.16. The predicted octanol–water partition coefficient (Wildman–Crippen LogP) is 1.73. The molecule has 1 fully saturated rings. The van der Waals surface area contributed by atoms with E-state index in [2.05, 4.69) is 31.0 Å². The van der Waals surface area contributed by atoms with E-state index in [0.717, 1.165) is 39.4 Å². The Morgan fingerprint density at radius 2 is 1.94 bits per heavy atom. The second-order valence-corrected chi connectivity index (χ2v) is 5.23. The molecule has 1 N–H and O–H groups in total. The van der Waals surface area contributed by atoms with Crippen molar-refractivity contribution in [3.8, 4) is 0 Å². The van der Waals surface area contributed by atoms with Crippen LogP contribution in [0.5, 0.6) is 0 Å². The fraction of sp³-hybridized carbons (Fsp3) is 1.00. The van der Waals surface area contributed by atoms with Gasteiger partial charge in [-0.1, -0.05) is 20.8 Å². The number of morpholine rings is 1. The smallest absolute Gasteiger partial charge is 0.0594 e. The summed E-state index contributed by atoms with van der Waals surface area (Å²) < 4.78 is 5.39. The van der Waals surface area contributed by atoms with Crippen LogP contribution in [0.3, 0.4) is 0 Å². The highest BCUT2D eigenvalue weighted by Crippen LogP contribution is 2.22. The third-order valence-corrected chi connectivity index (χ3v) is 3.54. The van der Waals surface area contributed by atoms with Gasteiger partial charge < -0.3 is 10.1 Å². The Morgan fingerprint density at radius 1 is 1.25 bits per heavy atom. The number of hydrogen-bond acceptors (Lipinski definition) is 3. The summed E-state index contributed by atoms with van der Waals surface area (Å²) in [4.78, 5) is 2.54. The summed E-state index contributed by atoms with van der Waals surface area (Å²) in [7, 11) is 0. The highest BCUT2D eigenvalue weighted by molar-refractivity contribution is 4.80. The largest absolute Gasteiger partial charge is 0.379 e. The molecule has 0 bridgehead atoms. The van der Waals surface area contributed by atoms with E-state index in [1.165, 1.54) is 19.4 Å². The summed E-state index contributed by atoms with van der Waals surface area (Å²) in [6.07, 6.45) is 2.46. The SMILES string of the molecule is CCCNCC(C)(CC)CN1CCOCC1. The van der Waals surface area contributed by atoms with Crippen LogP contribution in [0, 0.1) is 5.41 Å². The molecule has 1 atom stereocenters. The molecule has 1 heterocycles. The van der Waals surface area contributed by atoms with Crippen molar-refractivity contribution in [1.29, 1.82) is 0 Å². The summed E-state index contributed by atoms with van der Waals surface area (Å²) in [5.74, 6) is 0. The molecule has 0 amide bonds. The van der Waals surface area contributed by atoms with Crippen molar-refractivity contribution in [1.82, 2.24) is 10.2 Å². The lowest BCUT2D eigenvalue weighted by Crippen LogP contribution is -2.46. The number of nitrogens with zero attached hydrogens (tertiary/aromatic N) is 1. The van der Waals surface area contributed by atoms with Crippen LogP contribution in [0.15, 0.2) is 0 Å². The molecule has 3 nitrogen and oxygen atoms in total. The molecule has 1 saturated heterocycles. The average molecular weight is 228 g/mol. The van der Waals surface area contributed by atoms with E-state index in [4.69, 9.17) is 4.74 Å². The summed E-state index contributed by atoms with van der Waals surface area (Å²) >= 11 is 0. The van der Waals surface area contributed by atoms with Gasteiger partial charge in [-0.15, -0.1) is 0 Å². The molecule has 0 radical (unpaired) electrons. The van der Waals surface area contributed by atoms with Gasteiger partial charge in [0.2, 0.25) is 0 Å². The zero-order valence-electron chi connectivity index (χ0n) is 11.2. The summed E-state index contributed by atoms with van der Waals surface area (Å²) in [6.45, 7) is 14.4. The van der Waals surface area contributed by atoms with Gasteiger partial charge in [-0.25, -0.2) is 0 Å². The predicted molar refractivity (Wildman–Crippen MR) is 68.8 cm³/mol. The van der Waals surface area contributed by atoms with E-state index in [1.54, 1.807) is 0 Å². The van der Waals surface area contributed by atoms with Gasteiger partial charge >= 0.3 is 0 Å². The van der Waals surface area contributed by atoms with Crippen LogP contribution >= 0.6 is 0 Å². The highest BCUT2D eigenvalue weighted by Gasteiger charge is 2.25. The monoisotopic (exact) mass is 228 g/mol. The van der Waals surface area contributed by atoms with Gasteiger partial charge in [0, 0.05) is 26.2 Å². The van der Waals surface area contributed by atoms with Crippen molar-refractivity contribution in [2.75, 3.05) is 45.9 Å². The Kier molecular flexibility index (Phi) is 6.32. The molecular weight excluding hydrogens is 200 g/mol. The summed E-state index contributed by atoms with van der Waals surface area (Å²) in [5.41, 5.74) is 0.409. The van der Waals surface area contributed by atoms with Crippen LogP contribution in [0.25, 0.3) is 0 Å². The van der Waals surface area contributed by atoms with Crippen LogP contribution in [0.1, 0.15) is 33.6 Å². The molecule has 0 aromatic rings. The normalized spacial score (nSPS) is 21.9. The van der Waals surface area contributed by atoms with Crippen LogP contribution in [-0.4, -0.2) is 50.8 Å².